The number of nitrogens with zero attached hydrogens (tertiary/aromatic N) is 1. The number of benzene rings is 1. The normalized spacial score (nSPS) is 21.0. The lowest BCUT2D eigenvalue weighted by Crippen LogP contribution is -2.47. The summed E-state index contributed by atoms with van der Waals surface area (Å²) in [6, 6.07) is 8.07. The van der Waals surface area contributed by atoms with Gasteiger partial charge in [-0.3, -0.25) is 9.69 Å². The molecule has 1 N–H and O–H groups in total. The number of hydrogen-bond donors (Lipinski definition) is 1. The average Bonchev–Trinajstić information content (AvgIpc) is 3.22. The van der Waals surface area contributed by atoms with E-state index in [0.29, 0.717) is 24.3 Å². The summed E-state index contributed by atoms with van der Waals surface area (Å²) in [5.41, 5.74) is -0.337. The van der Waals surface area contributed by atoms with E-state index in [-0.39, 0.29) is 24.5 Å². The van der Waals surface area contributed by atoms with Crippen LogP contribution >= 0.6 is 0 Å². The molecule has 2 aromatic rings. The first-order valence-electron chi connectivity index (χ1n) is 8.66. The Kier molecular flexibility index (Phi) is 4.10. The van der Waals surface area contributed by atoms with Crippen LogP contribution in [0.1, 0.15) is 35.0 Å². The van der Waals surface area contributed by atoms with E-state index in [0.717, 1.165) is 4.90 Å². The number of amides is 3. The highest BCUT2D eigenvalue weighted by Crippen LogP contribution is 2.41. The minimum absolute atomic E-state index is 0.156. The Morgan fingerprint density at radius 1 is 1.30 bits per heavy atom. The van der Waals surface area contributed by atoms with Crippen molar-refractivity contribution in [1.29, 1.82) is 0 Å². The zero-order chi connectivity index (χ0) is 19.0. The van der Waals surface area contributed by atoms with Crippen LogP contribution in [0.15, 0.2) is 41.0 Å². The molecule has 3 amide bonds. The summed E-state index contributed by atoms with van der Waals surface area (Å²) in [5.74, 6) is -0.173. The molecule has 1 aromatic heterocycles. The Morgan fingerprint density at radius 2 is 2.11 bits per heavy atom. The van der Waals surface area contributed by atoms with Crippen LogP contribution in [0.5, 0.6) is 5.75 Å². The predicted molar refractivity (Wildman–Crippen MR) is 92.0 cm³/mol. The molecule has 3 heterocycles. The number of ether oxygens (including phenoxy) is 2. The molecular weight excluding hydrogens is 352 g/mol. The minimum Gasteiger partial charge on any atom is -0.493 e. The van der Waals surface area contributed by atoms with Gasteiger partial charge in [-0.25, -0.2) is 9.59 Å². The van der Waals surface area contributed by atoms with Gasteiger partial charge < -0.3 is 19.2 Å². The minimum atomic E-state index is -1.16. The lowest BCUT2D eigenvalue weighted by atomic mass is 9.84. The summed E-state index contributed by atoms with van der Waals surface area (Å²) in [5, 5.41) is 2.81. The third kappa shape index (κ3) is 2.64. The Morgan fingerprint density at radius 3 is 2.93 bits per heavy atom. The Balaban J connectivity index is 1.65. The van der Waals surface area contributed by atoms with Crippen LogP contribution in [-0.4, -0.2) is 36.0 Å². The predicted octanol–water partition coefficient (Wildman–Crippen LogP) is 2.19. The smallest absolute Gasteiger partial charge is 0.341 e. The molecule has 8 heteroatoms. The lowest BCUT2D eigenvalue weighted by Gasteiger charge is -2.33. The highest BCUT2D eigenvalue weighted by molar-refractivity contribution is 6.08. The van der Waals surface area contributed by atoms with Gasteiger partial charge in [0.15, 0.2) is 5.54 Å². The maximum atomic E-state index is 13.2. The topological polar surface area (TPSA) is 98.1 Å². The molecule has 8 nitrogen and oxygen atoms in total. The zero-order valence-corrected chi connectivity index (χ0v) is 14.7. The van der Waals surface area contributed by atoms with Crippen molar-refractivity contribution >= 4 is 17.9 Å². The maximum absolute atomic E-state index is 13.2. The first-order valence-corrected chi connectivity index (χ1v) is 8.66. The van der Waals surface area contributed by atoms with Gasteiger partial charge in [-0.2, -0.15) is 0 Å². The number of nitrogens with one attached hydrogen (secondary N) is 1. The Bertz CT molecular complexity index is 920. The second-order valence-corrected chi connectivity index (χ2v) is 6.30. The van der Waals surface area contributed by atoms with Crippen molar-refractivity contribution in [2.24, 2.45) is 0 Å². The SMILES string of the molecule is CCOC(=O)c1ccoc1CN1C(=O)NC2(CCOc3ccccc32)C1=O. The number of furan rings is 1. The van der Waals surface area contributed by atoms with E-state index < -0.39 is 23.4 Å². The first-order chi connectivity index (χ1) is 13.1. The molecule has 0 aliphatic carbocycles. The van der Waals surface area contributed by atoms with Crippen molar-refractivity contribution in [3.8, 4) is 5.75 Å². The van der Waals surface area contributed by atoms with Crippen LogP contribution in [0.25, 0.3) is 0 Å². The fraction of sp³-hybridized carbons (Fsp3) is 0.316. The number of esters is 1. The molecular formula is C19H18N2O6. The number of carbonyl (C=O) groups is 3. The van der Waals surface area contributed by atoms with Crippen LogP contribution in [0, 0.1) is 0 Å². The van der Waals surface area contributed by atoms with E-state index in [1.165, 1.54) is 12.3 Å². The van der Waals surface area contributed by atoms with E-state index >= 15 is 0 Å². The number of imide groups is 1. The summed E-state index contributed by atoms with van der Waals surface area (Å²) >= 11 is 0. The second kappa shape index (κ2) is 6.46. The van der Waals surface area contributed by atoms with E-state index in [2.05, 4.69) is 5.32 Å². The van der Waals surface area contributed by atoms with E-state index in [4.69, 9.17) is 13.9 Å². The number of fused-ring (bicyclic) bond motifs is 2. The number of urea groups is 1. The number of rotatable bonds is 4. The molecule has 27 heavy (non-hydrogen) atoms. The Labute approximate surface area is 155 Å². The second-order valence-electron chi connectivity index (χ2n) is 6.30. The monoisotopic (exact) mass is 370 g/mol. The number of hydrogen-bond acceptors (Lipinski definition) is 6. The van der Waals surface area contributed by atoms with Crippen LogP contribution in [0.3, 0.4) is 0 Å². The molecule has 0 radical (unpaired) electrons. The highest BCUT2D eigenvalue weighted by Gasteiger charge is 2.55. The van der Waals surface area contributed by atoms with Gasteiger partial charge in [0.25, 0.3) is 5.91 Å². The summed E-state index contributed by atoms with van der Waals surface area (Å²) in [7, 11) is 0. The van der Waals surface area contributed by atoms with Gasteiger partial charge in [-0.05, 0) is 19.1 Å². The molecule has 4 rings (SSSR count). The first kappa shape index (κ1) is 17.1. The van der Waals surface area contributed by atoms with Gasteiger partial charge >= 0.3 is 12.0 Å². The molecule has 140 valence electrons. The van der Waals surface area contributed by atoms with Crippen molar-refractivity contribution in [2.45, 2.75) is 25.4 Å². The molecule has 1 saturated heterocycles. The van der Waals surface area contributed by atoms with E-state index in [9.17, 15) is 14.4 Å². The standard InChI is InChI=1S/C19H18N2O6/c1-2-25-16(22)12-7-9-26-15(12)11-21-17(23)19(20-18(21)24)8-10-27-14-6-4-3-5-13(14)19/h3-7,9H,2,8,10-11H2,1H3,(H,20,24). The maximum Gasteiger partial charge on any atom is 0.341 e. The summed E-state index contributed by atoms with van der Waals surface area (Å²) in [6.07, 6.45) is 1.66. The molecule has 0 saturated carbocycles. The molecule has 1 spiro atoms. The molecule has 1 aromatic carbocycles. The largest absolute Gasteiger partial charge is 0.493 e. The quantitative estimate of drug-likeness (QED) is 0.654. The summed E-state index contributed by atoms with van der Waals surface area (Å²) in [4.78, 5) is 38.9. The molecule has 2 aliphatic rings. The fourth-order valence-electron chi connectivity index (χ4n) is 3.51. The van der Waals surface area contributed by atoms with Crippen molar-refractivity contribution in [2.75, 3.05) is 13.2 Å². The molecule has 0 bridgehead atoms. The third-order valence-electron chi connectivity index (χ3n) is 4.80. The molecule has 1 atom stereocenters. The average molecular weight is 370 g/mol. The third-order valence-corrected chi connectivity index (χ3v) is 4.80. The summed E-state index contributed by atoms with van der Waals surface area (Å²) < 4.78 is 15.9. The van der Waals surface area contributed by atoms with Crippen LogP contribution in [0.2, 0.25) is 0 Å². The van der Waals surface area contributed by atoms with Gasteiger partial charge in [0, 0.05) is 12.0 Å². The lowest BCUT2D eigenvalue weighted by molar-refractivity contribution is -0.133. The van der Waals surface area contributed by atoms with Crippen molar-refractivity contribution in [3.63, 3.8) is 0 Å². The van der Waals surface area contributed by atoms with Crippen LogP contribution < -0.4 is 10.1 Å². The van der Waals surface area contributed by atoms with Gasteiger partial charge in [0.1, 0.15) is 17.1 Å². The van der Waals surface area contributed by atoms with Crippen LogP contribution in [0.4, 0.5) is 4.79 Å². The Hall–Kier alpha value is -3.29. The van der Waals surface area contributed by atoms with Gasteiger partial charge in [-0.1, -0.05) is 18.2 Å². The molecule has 2 aliphatic heterocycles. The van der Waals surface area contributed by atoms with E-state index in [1.807, 2.05) is 6.07 Å². The van der Waals surface area contributed by atoms with Crippen molar-refractivity contribution < 1.29 is 28.3 Å². The van der Waals surface area contributed by atoms with Crippen molar-refractivity contribution in [3.05, 3.63) is 53.5 Å². The van der Waals surface area contributed by atoms with E-state index in [1.54, 1.807) is 25.1 Å². The highest BCUT2D eigenvalue weighted by atomic mass is 16.5. The number of carbonyl (C=O) groups excluding carboxylic acids is 3. The number of para-hydroxylation sites is 1. The zero-order valence-electron chi connectivity index (χ0n) is 14.7. The van der Waals surface area contributed by atoms with Crippen LogP contribution in [-0.2, 0) is 21.6 Å². The van der Waals surface area contributed by atoms with Gasteiger partial charge in [0.05, 0.1) is 26.0 Å². The summed E-state index contributed by atoms with van der Waals surface area (Å²) in [6.45, 7) is 2.07. The molecule has 1 unspecified atom stereocenters. The molecule has 1 fully saturated rings. The van der Waals surface area contributed by atoms with Gasteiger partial charge in [0.2, 0.25) is 0 Å². The van der Waals surface area contributed by atoms with Gasteiger partial charge in [-0.15, -0.1) is 0 Å². The van der Waals surface area contributed by atoms with Crippen molar-refractivity contribution in [1.82, 2.24) is 10.2 Å². The fourth-order valence-corrected chi connectivity index (χ4v) is 3.51.